The molecule has 0 bridgehead atoms. The highest BCUT2D eigenvalue weighted by atomic mass is 79.9. The van der Waals surface area contributed by atoms with E-state index < -0.39 is 5.79 Å². The molecule has 0 amide bonds. The molecule has 1 spiro atoms. The first-order chi connectivity index (χ1) is 9.18. The molecule has 1 aliphatic heterocycles. The van der Waals surface area contributed by atoms with Gasteiger partial charge in [0.25, 0.3) is 0 Å². The van der Waals surface area contributed by atoms with Gasteiger partial charge in [-0.25, -0.2) is 0 Å². The highest BCUT2D eigenvalue weighted by Crippen LogP contribution is 2.45. The Kier molecular flexibility index (Phi) is 3.64. The minimum Gasteiger partial charge on any atom is -0.395 e. The number of nitrogens with zero attached hydrogens (tertiary/aromatic N) is 1. The predicted octanol–water partition coefficient (Wildman–Crippen LogP) is 2.39. The molecule has 1 aliphatic carbocycles. The number of pyridine rings is 1. The second-order valence-electron chi connectivity index (χ2n) is 5.41. The van der Waals surface area contributed by atoms with Crippen LogP contribution in [0.4, 0.5) is 0 Å². The zero-order valence-corrected chi connectivity index (χ0v) is 12.4. The number of aliphatic hydroxyl groups is 1. The van der Waals surface area contributed by atoms with E-state index in [1.165, 1.54) is 0 Å². The van der Waals surface area contributed by atoms with E-state index in [2.05, 4.69) is 20.9 Å². The van der Waals surface area contributed by atoms with E-state index in [0.29, 0.717) is 13.2 Å². The smallest absolute Gasteiger partial charge is 0.168 e. The second kappa shape index (κ2) is 5.13. The van der Waals surface area contributed by atoms with Crippen LogP contribution in [0, 0.1) is 0 Å². The van der Waals surface area contributed by atoms with Crippen LogP contribution in [0.3, 0.4) is 0 Å². The highest BCUT2D eigenvalue weighted by Gasteiger charge is 2.47. The Morgan fingerprint density at radius 2 is 1.84 bits per heavy atom. The van der Waals surface area contributed by atoms with Crippen molar-refractivity contribution < 1.29 is 14.6 Å². The molecule has 2 fully saturated rings. The summed E-state index contributed by atoms with van der Waals surface area (Å²) in [5.74, 6) is -0.395. The number of ether oxygens (including phenoxy) is 2. The molecule has 0 aromatic carbocycles. The van der Waals surface area contributed by atoms with E-state index >= 15 is 0 Å². The summed E-state index contributed by atoms with van der Waals surface area (Å²) in [6.07, 6.45) is 5.13. The van der Waals surface area contributed by atoms with Gasteiger partial charge in [-0.15, -0.1) is 0 Å². The molecule has 1 N–H and O–H groups in total. The quantitative estimate of drug-likeness (QED) is 0.906. The van der Waals surface area contributed by atoms with Crippen LogP contribution in [0.15, 0.2) is 22.8 Å². The fourth-order valence-electron chi connectivity index (χ4n) is 3.08. The number of rotatable bonds is 2. The van der Waals surface area contributed by atoms with Gasteiger partial charge >= 0.3 is 0 Å². The fraction of sp³-hybridized carbons (Fsp3) is 0.643. The zero-order chi connectivity index (χ0) is 13.3. The Labute approximate surface area is 121 Å². The van der Waals surface area contributed by atoms with Gasteiger partial charge in [-0.05, 0) is 40.9 Å². The van der Waals surface area contributed by atoms with Gasteiger partial charge in [-0.1, -0.05) is 0 Å². The van der Waals surface area contributed by atoms with Crippen molar-refractivity contribution in [2.75, 3.05) is 19.8 Å². The molecule has 1 aromatic rings. The minimum absolute atomic E-state index is 0.123. The lowest BCUT2D eigenvalue weighted by Crippen LogP contribution is -2.44. The monoisotopic (exact) mass is 327 g/mol. The highest BCUT2D eigenvalue weighted by molar-refractivity contribution is 9.10. The largest absolute Gasteiger partial charge is 0.395 e. The first-order valence-electron chi connectivity index (χ1n) is 6.69. The average molecular weight is 328 g/mol. The van der Waals surface area contributed by atoms with Gasteiger partial charge in [0.05, 0.1) is 19.8 Å². The molecular weight excluding hydrogens is 310 g/mol. The van der Waals surface area contributed by atoms with Crippen molar-refractivity contribution in [1.29, 1.82) is 0 Å². The van der Waals surface area contributed by atoms with Gasteiger partial charge in [-0.3, -0.25) is 4.98 Å². The second-order valence-corrected chi connectivity index (χ2v) is 6.32. The third-order valence-electron chi connectivity index (χ3n) is 4.36. The lowest BCUT2D eigenvalue weighted by molar-refractivity contribution is -0.187. The van der Waals surface area contributed by atoms with Crippen LogP contribution in [0.2, 0.25) is 0 Å². The molecule has 0 unspecified atom stereocenters. The van der Waals surface area contributed by atoms with Crippen LogP contribution in [0.25, 0.3) is 0 Å². The van der Waals surface area contributed by atoms with Crippen LogP contribution < -0.4 is 0 Å². The third-order valence-corrected chi connectivity index (χ3v) is 4.82. The maximum atomic E-state index is 9.86. The Morgan fingerprint density at radius 1 is 1.16 bits per heavy atom. The maximum Gasteiger partial charge on any atom is 0.168 e. The molecule has 1 saturated heterocycles. The Hall–Kier alpha value is -0.490. The summed E-state index contributed by atoms with van der Waals surface area (Å²) in [5.41, 5.74) is 0.715. The first-order valence-corrected chi connectivity index (χ1v) is 7.48. The van der Waals surface area contributed by atoms with Gasteiger partial charge in [0.15, 0.2) is 5.79 Å². The van der Waals surface area contributed by atoms with Crippen molar-refractivity contribution in [2.24, 2.45) is 0 Å². The molecule has 104 valence electrons. The molecule has 0 atom stereocenters. The molecule has 3 rings (SSSR count). The van der Waals surface area contributed by atoms with Crippen molar-refractivity contribution in [1.82, 2.24) is 4.98 Å². The summed E-state index contributed by atoms with van der Waals surface area (Å²) < 4.78 is 12.4. The van der Waals surface area contributed by atoms with E-state index in [9.17, 15) is 5.11 Å². The summed E-state index contributed by atoms with van der Waals surface area (Å²) in [7, 11) is 0. The van der Waals surface area contributed by atoms with E-state index in [-0.39, 0.29) is 12.0 Å². The van der Waals surface area contributed by atoms with Crippen molar-refractivity contribution in [3.63, 3.8) is 0 Å². The molecule has 1 saturated carbocycles. The van der Waals surface area contributed by atoms with E-state index in [4.69, 9.17) is 9.47 Å². The van der Waals surface area contributed by atoms with Crippen LogP contribution in [-0.2, 0) is 14.9 Å². The number of aromatic nitrogens is 1. The summed E-state index contributed by atoms with van der Waals surface area (Å²) in [6, 6.07) is 3.97. The van der Waals surface area contributed by atoms with Crippen molar-refractivity contribution in [3.8, 4) is 0 Å². The first kappa shape index (κ1) is 13.5. The van der Waals surface area contributed by atoms with Crippen LogP contribution in [0.5, 0.6) is 0 Å². The van der Waals surface area contributed by atoms with Gasteiger partial charge in [-0.2, -0.15) is 0 Å². The lowest BCUT2D eigenvalue weighted by atomic mass is 9.70. The van der Waals surface area contributed by atoms with Gasteiger partial charge in [0, 0.05) is 34.6 Å². The molecule has 2 aliphatic rings. The topological polar surface area (TPSA) is 51.6 Å². The zero-order valence-electron chi connectivity index (χ0n) is 10.8. The van der Waals surface area contributed by atoms with Crippen LogP contribution >= 0.6 is 15.9 Å². The number of hydrogen-bond acceptors (Lipinski definition) is 4. The maximum absolute atomic E-state index is 9.86. The molecule has 1 aromatic heterocycles. The van der Waals surface area contributed by atoms with Gasteiger partial charge in [0.1, 0.15) is 0 Å². The van der Waals surface area contributed by atoms with Gasteiger partial charge < -0.3 is 14.6 Å². The van der Waals surface area contributed by atoms with E-state index in [1.54, 1.807) is 6.20 Å². The summed E-state index contributed by atoms with van der Waals surface area (Å²) in [5, 5.41) is 9.86. The fourth-order valence-corrected chi connectivity index (χ4v) is 3.31. The van der Waals surface area contributed by atoms with Crippen molar-refractivity contribution in [3.05, 3.63) is 28.5 Å². The molecule has 5 heteroatoms. The normalized spacial score (nSPS) is 24.7. The molecular formula is C14H18BrNO3. The van der Waals surface area contributed by atoms with Crippen LogP contribution in [0.1, 0.15) is 31.4 Å². The molecule has 2 heterocycles. The van der Waals surface area contributed by atoms with Crippen LogP contribution in [-0.4, -0.2) is 35.7 Å². The predicted molar refractivity (Wildman–Crippen MR) is 73.8 cm³/mol. The molecule has 0 radical (unpaired) electrons. The summed E-state index contributed by atoms with van der Waals surface area (Å²) >= 11 is 3.39. The minimum atomic E-state index is -0.395. The SMILES string of the molecule is OCC1(c2ccc(Br)cn2)CCC2(CC1)OCCO2. The van der Waals surface area contributed by atoms with Crippen molar-refractivity contribution in [2.45, 2.75) is 36.9 Å². The Morgan fingerprint density at radius 3 is 2.37 bits per heavy atom. The lowest BCUT2D eigenvalue weighted by Gasteiger charge is -2.42. The number of hydrogen-bond donors (Lipinski definition) is 1. The molecule has 4 nitrogen and oxygen atoms in total. The van der Waals surface area contributed by atoms with Gasteiger partial charge in [0.2, 0.25) is 0 Å². The Balaban J connectivity index is 1.80. The average Bonchev–Trinajstić information content (AvgIpc) is 2.90. The standard InChI is InChI=1S/C14H18BrNO3/c15-11-1-2-12(16-9-11)13(10-17)3-5-14(6-4-13)18-7-8-19-14/h1-2,9,17H,3-8,10H2. The Bertz CT molecular complexity index is 433. The van der Waals surface area contributed by atoms with E-state index in [0.717, 1.165) is 35.8 Å². The molecule has 19 heavy (non-hydrogen) atoms. The summed E-state index contributed by atoms with van der Waals surface area (Å²) in [4.78, 5) is 4.47. The van der Waals surface area contributed by atoms with E-state index in [1.807, 2.05) is 12.1 Å². The number of aliphatic hydroxyl groups excluding tert-OH is 1. The third kappa shape index (κ3) is 2.44. The number of halogens is 1. The summed E-state index contributed by atoms with van der Waals surface area (Å²) in [6.45, 7) is 1.49. The van der Waals surface area contributed by atoms with Crippen molar-refractivity contribution >= 4 is 15.9 Å².